The average Bonchev–Trinajstić information content (AvgIpc) is 2.77. The molecule has 1 amide bonds. The maximum absolute atomic E-state index is 11.4. The molecule has 0 unspecified atom stereocenters. The monoisotopic (exact) mass is 303 g/mol. The van der Waals surface area contributed by atoms with Crippen molar-refractivity contribution < 1.29 is 9.53 Å². The Labute approximate surface area is 127 Å². The van der Waals surface area contributed by atoms with Gasteiger partial charge < -0.3 is 10.1 Å². The second-order valence-corrected chi connectivity index (χ2v) is 5.61. The van der Waals surface area contributed by atoms with E-state index in [1.165, 1.54) is 11.8 Å². The lowest BCUT2D eigenvalue weighted by Crippen LogP contribution is -2.17. The van der Waals surface area contributed by atoms with E-state index in [0.717, 1.165) is 11.3 Å². The van der Waals surface area contributed by atoms with Crippen LogP contribution < -0.4 is 10.1 Å². The van der Waals surface area contributed by atoms with Gasteiger partial charge in [-0.15, -0.1) is 0 Å². The third-order valence-electron chi connectivity index (χ3n) is 2.52. The Kier molecular flexibility index (Phi) is 5.15. The Hall–Kier alpha value is -1.85. The second-order valence-electron chi connectivity index (χ2n) is 3.89. The first-order valence-corrected chi connectivity index (χ1v) is 7.14. The number of nitrogens with one attached hydrogen (secondary N) is 1. The van der Waals surface area contributed by atoms with Crippen LogP contribution in [0.4, 0.5) is 0 Å². The van der Waals surface area contributed by atoms with E-state index in [-0.39, 0.29) is 5.91 Å². The van der Waals surface area contributed by atoms with E-state index in [2.05, 4.69) is 5.32 Å². The molecule has 1 saturated heterocycles. The number of hydrogen-bond donors (Lipinski definition) is 1. The number of benzene rings is 1. The van der Waals surface area contributed by atoms with Crippen molar-refractivity contribution >= 4 is 40.3 Å². The average molecular weight is 303 g/mol. The maximum Gasteiger partial charge on any atom is 0.263 e. The highest BCUT2D eigenvalue weighted by Gasteiger charge is 2.20. The zero-order valence-electron chi connectivity index (χ0n) is 10.8. The molecule has 1 fully saturated rings. The number of methoxy groups -OCH3 is 1. The van der Waals surface area contributed by atoms with Crippen molar-refractivity contribution in [2.75, 3.05) is 7.11 Å². The molecule has 20 heavy (non-hydrogen) atoms. The van der Waals surface area contributed by atoms with Crippen molar-refractivity contribution in [2.45, 2.75) is 0 Å². The van der Waals surface area contributed by atoms with Gasteiger partial charge in [0.1, 0.15) is 10.1 Å². The highest BCUT2D eigenvalue weighted by atomic mass is 32.2. The smallest absolute Gasteiger partial charge is 0.263 e. The minimum atomic E-state index is -0.135. The summed E-state index contributed by atoms with van der Waals surface area (Å²) >= 11 is 6.18. The van der Waals surface area contributed by atoms with Crippen molar-refractivity contribution in [2.24, 2.45) is 0 Å². The molecule has 0 saturated carbocycles. The van der Waals surface area contributed by atoms with E-state index in [1.807, 2.05) is 48.6 Å². The summed E-state index contributed by atoms with van der Waals surface area (Å²) in [6, 6.07) is 7.76. The summed E-state index contributed by atoms with van der Waals surface area (Å²) in [5.74, 6) is 0.700. The van der Waals surface area contributed by atoms with Crippen molar-refractivity contribution in [3.63, 3.8) is 0 Å². The molecule has 0 radical (unpaired) electrons. The number of amides is 1. The fourth-order valence-corrected chi connectivity index (χ4v) is 2.52. The SMILES string of the molecule is COc1ccc(C=CC=CC=C2SC(=S)NC2=O)cc1. The van der Waals surface area contributed by atoms with Gasteiger partial charge in [0, 0.05) is 0 Å². The molecule has 0 bridgehead atoms. The van der Waals surface area contributed by atoms with Crippen LogP contribution in [0.2, 0.25) is 0 Å². The van der Waals surface area contributed by atoms with Crippen LogP contribution >= 0.6 is 24.0 Å². The minimum absolute atomic E-state index is 0.135. The molecule has 1 aliphatic heterocycles. The molecule has 102 valence electrons. The normalized spacial score (nSPS) is 17.4. The van der Waals surface area contributed by atoms with Crippen molar-refractivity contribution in [1.82, 2.24) is 5.32 Å². The first-order chi connectivity index (χ1) is 9.69. The molecule has 0 spiro atoms. The fourth-order valence-electron chi connectivity index (χ4n) is 1.52. The Balaban J connectivity index is 1.92. The summed E-state index contributed by atoms with van der Waals surface area (Å²) < 4.78 is 5.59. The van der Waals surface area contributed by atoms with Crippen LogP contribution in [0.5, 0.6) is 5.75 Å². The Morgan fingerprint density at radius 2 is 1.95 bits per heavy atom. The molecule has 2 rings (SSSR count). The minimum Gasteiger partial charge on any atom is -0.497 e. The summed E-state index contributed by atoms with van der Waals surface area (Å²) in [6.45, 7) is 0. The lowest BCUT2D eigenvalue weighted by Gasteiger charge is -1.98. The number of carbonyl (C=O) groups excluding carboxylic acids is 1. The van der Waals surface area contributed by atoms with Crippen molar-refractivity contribution in [1.29, 1.82) is 0 Å². The number of thiocarbonyl (C=S) groups is 1. The number of rotatable bonds is 4. The zero-order valence-corrected chi connectivity index (χ0v) is 12.5. The number of carbonyl (C=O) groups is 1. The molecule has 0 aliphatic carbocycles. The molecule has 1 aromatic rings. The number of thioether (sulfide) groups is 1. The lowest BCUT2D eigenvalue weighted by atomic mass is 10.2. The summed E-state index contributed by atoms with van der Waals surface area (Å²) in [5, 5.41) is 2.57. The summed E-state index contributed by atoms with van der Waals surface area (Å²) in [7, 11) is 1.64. The molecule has 1 aromatic carbocycles. The van der Waals surface area contributed by atoms with E-state index >= 15 is 0 Å². The van der Waals surface area contributed by atoms with Gasteiger partial charge in [-0.3, -0.25) is 4.79 Å². The van der Waals surface area contributed by atoms with Crippen LogP contribution in [0.25, 0.3) is 6.08 Å². The van der Waals surface area contributed by atoms with Gasteiger partial charge >= 0.3 is 0 Å². The van der Waals surface area contributed by atoms with Gasteiger partial charge in [0.15, 0.2) is 0 Å². The number of allylic oxidation sites excluding steroid dienone is 4. The first-order valence-electron chi connectivity index (χ1n) is 5.91. The topological polar surface area (TPSA) is 38.3 Å². The highest BCUT2D eigenvalue weighted by molar-refractivity contribution is 8.26. The molecule has 1 heterocycles. The molecule has 3 nitrogen and oxygen atoms in total. The van der Waals surface area contributed by atoms with E-state index in [0.29, 0.717) is 9.23 Å². The van der Waals surface area contributed by atoms with Gasteiger partial charge in [-0.25, -0.2) is 0 Å². The highest BCUT2D eigenvalue weighted by Crippen LogP contribution is 2.23. The van der Waals surface area contributed by atoms with Gasteiger partial charge in [0.25, 0.3) is 5.91 Å². The third-order valence-corrected chi connectivity index (χ3v) is 3.70. The molecule has 5 heteroatoms. The van der Waals surface area contributed by atoms with E-state index in [9.17, 15) is 4.79 Å². The van der Waals surface area contributed by atoms with Crippen molar-refractivity contribution in [3.8, 4) is 5.75 Å². The predicted octanol–water partition coefficient (Wildman–Crippen LogP) is 3.30. The maximum atomic E-state index is 11.4. The number of ether oxygens (including phenoxy) is 1. The zero-order chi connectivity index (χ0) is 14.4. The van der Waals surface area contributed by atoms with Gasteiger partial charge in [-0.1, -0.05) is 60.4 Å². The van der Waals surface area contributed by atoms with Crippen LogP contribution in [-0.2, 0) is 4.79 Å². The second kappa shape index (κ2) is 7.07. The van der Waals surface area contributed by atoms with Crippen molar-refractivity contribution in [3.05, 3.63) is 59.0 Å². The lowest BCUT2D eigenvalue weighted by molar-refractivity contribution is -0.115. The Morgan fingerprint density at radius 3 is 2.55 bits per heavy atom. The van der Waals surface area contributed by atoms with Gasteiger partial charge in [0.05, 0.1) is 12.0 Å². The summed E-state index contributed by atoms with van der Waals surface area (Å²) in [4.78, 5) is 12.0. The standard InChI is InChI=1S/C15H13NO2S2/c1-18-12-9-7-11(8-10-12)5-3-2-4-6-13-14(17)16-15(19)20-13/h2-10H,1H3,(H,16,17,19). The quantitative estimate of drug-likeness (QED) is 0.526. The van der Waals surface area contributed by atoms with Crippen LogP contribution in [0, 0.1) is 0 Å². The summed E-state index contributed by atoms with van der Waals surface area (Å²) in [6.07, 6.45) is 9.32. The molecule has 0 atom stereocenters. The first kappa shape index (κ1) is 14.6. The van der Waals surface area contributed by atoms with Gasteiger partial charge in [0.2, 0.25) is 0 Å². The largest absolute Gasteiger partial charge is 0.497 e. The van der Waals surface area contributed by atoms with Crippen LogP contribution in [-0.4, -0.2) is 17.3 Å². The van der Waals surface area contributed by atoms with Crippen LogP contribution in [0.3, 0.4) is 0 Å². The van der Waals surface area contributed by atoms with Gasteiger partial charge in [-0.05, 0) is 23.8 Å². The third kappa shape index (κ3) is 4.08. The van der Waals surface area contributed by atoms with E-state index in [1.54, 1.807) is 13.2 Å². The Morgan fingerprint density at radius 1 is 1.20 bits per heavy atom. The molecular formula is C15H13NO2S2. The molecule has 0 aromatic heterocycles. The van der Waals surface area contributed by atoms with E-state index < -0.39 is 0 Å². The van der Waals surface area contributed by atoms with Crippen LogP contribution in [0.15, 0.2) is 53.5 Å². The number of hydrogen-bond acceptors (Lipinski definition) is 4. The van der Waals surface area contributed by atoms with Gasteiger partial charge in [-0.2, -0.15) is 0 Å². The van der Waals surface area contributed by atoms with E-state index in [4.69, 9.17) is 17.0 Å². The Bertz CT molecular complexity index is 601. The molecular weight excluding hydrogens is 290 g/mol. The molecule has 1 aliphatic rings. The summed E-state index contributed by atoms with van der Waals surface area (Å²) in [5.41, 5.74) is 1.08. The van der Waals surface area contributed by atoms with Crippen LogP contribution in [0.1, 0.15) is 5.56 Å². The predicted molar refractivity (Wildman–Crippen MR) is 87.6 cm³/mol. The molecule has 1 N–H and O–H groups in total. The fraction of sp³-hybridized carbons (Fsp3) is 0.0667.